The van der Waals surface area contributed by atoms with E-state index in [2.05, 4.69) is 5.32 Å². The van der Waals surface area contributed by atoms with Crippen LogP contribution in [0.15, 0.2) is 18.2 Å². The van der Waals surface area contributed by atoms with Gasteiger partial charge in [0.2, 0.25) is 0 Å². The Morgan fingerprint density at radius 2 is 1.95 bits per heavy atom. The minimum absolute atomic E-state index is 0.238. The third kappa shape index (κ3) is 4.11. The molecule has 1 aromatic rings. The van der Waals surface area contributed by atoms with E-state index in [4.69, 9.17) is 23.2 Å². The van der Waals surface area contributed by atoms with Crippen molar-refractivity contribution in [3.8, 4) is 0 Å². The molecule has 1 atom stereocenters. The van der Waals surface area contributed by atoms with Crippen molar-refractivity contribution in [3.05, 3.63) is 33.8 Å². The molecule has 0 bridgehead atoms. The van der Waals surface area contributed by atoms with Gasteiger partial charge in [0.25, 0.3) is 5.91 Å². The molecule has 2 rings (SSSR count). The van der Waals surface area contributed by atoms with Crippen LogP contribution in [0.1, 0.15) is 42.5 Å². The number of aliphatic hydroxyl groups excluding tert-OH is 1. The summed E-state index contributed by atoms with van der Waals surface area (Å²) in [6.07, 6.45) is 5.21. The van der Waals surface area contributed by atoms with Gasteiger partial charge >= 0.3 is 0 Å². The van der Waals surface area contributed by atoms with Crippen LogP contribution in [0.25, 0.3) is 0 Å². The van der Waals surface area contributed by atoms with Gasteiger partial charge in [0.15, 0.2) is 0 Å². The van der Waals surface area contributed by atoms with Crippen molar-refractivity contribution < 1.29 is 9.90 Å². The number of carbonyl (C=O) groups excluding carboxylic acids is 1. The molecule has 0 aliphatic heterocycles. The number of rotatable bonds is 4. The maximum Gasteiger partial charge on any atom is 0.251 e. The van der Waals surface area contributed by atoms with Gasteiger partial charge in [-0.15, -0.1) is 0 Å². The average Bonchev–Trinajstić information content (AvgIpc) is 2.48. The summed E-state index contributed by atoms with van der Waals surface area (Å²) >= 11 is 11.7. The summed E-state index contributed by atoms with van der Waals surface area (Å²) in [6.45, 7) is 0.281. The molecule has 0 radical (unpaired) electrons. The van der Waals surface area contributed by atoms with E-state index in [-0.39, 0.29) is 12.5 Å². The molecule has 2 N–H and O–H groups in total. The third-order valence-corrected chi connectivity index (χ3v) is 4.59. The monoisotopic (exact) mass is 315 g/mol. The smallest absolute Gasteiger partial charge is 0.251 e. The van der Waals surface area contributed by atoms with Crippen molar-refractivity contribution >= 4 is 29.1 Å². The first kappa shape index (κ1) is 15.6. The molecule has 110 valence electrons. The Hall–Kier alpha value is -0.770. The SMILES string of the molecule is O=C(NCC(O)C1CCCCC1)c1ccc(Cl)c(Cl)c1. The molecule has 1 amide bonds. The van der Waals surface area contributed by atoms with E-state index in [1.807, 2.05) is 0 Å². The zero-order chi connectivity index (χ0) is 14.5. The highest BCUT2D eigenvalue weighted by molar-refractivity contribution is 6.42. The molecular formula is C15H19Cl2NO2. The Morgan fingerprint density at radius 1 is 1.25 bits per heavy atom. The highest BCUT2D eigenvalue weighted by Gasteiger charge is 2.22. The average molecular weight is 316 g/mol. The quantitative estimate of drug-likeness (QED) is 0.890. The van der Waals surface area contributed by atoms with Crippen LogP contribution in [0.3, 0.4) is 0 Å². The summed E-state index contributed by atoms with van der Waals surface area (Å²) in [5.41, 5.74) is 0.454. The molecule has 0 aromatic heterocycles. The van der Waals surface area contributed by atoms with E-state index in [9.17, 15) is 9.90 Å². The molecule has 1 aliphatic rings. The largest absolute Gasteiger partial charge is 0.391 e. The number of hydrogen-bond donors (Lipinski definition) is 2. The zero-order valence-corrected chi connectivity index (χ0v) is 12.8. The standard InChI is InChI=1S/C15H19Cl2NO2/c16-12-7-6-11(8-13(12)17)15(20)18-9-14(19)10-4-2-1-3-5-10/h6-8,10,14,19H,1-5,9H2,(H,18,20). The molecule has 0 heterocycles. The maximum atomic E-state index is 12.0. The molecule has 1 aromatic carbocycles. The Kier molecular flexibility index (Phi) is 5.70. The Bertz CT molecular complexity index is 473. The second-order valence-corrected chi connectivity index (χ2v) is 6.12. The lowest BCUT2D eigenvalue weighted by molar-refractivity contribution is 0.0738. The fourth-order valence-corrected chi connectivity index (χ4v) is 2.92. The molecule has 1 unspecified atom stereocenters. The first-order chi connectivity index (χ1) is 9.58. The highest BCUT2D eigenvalue weighted by atomic mass is 35.5. The third-order valence-electron chi connectivity index (χ3n) is 3.85. The van der Waals surface area contributed by atoms with Gasteiger partial charge in [0.05, 0.1) is 16.1 Å². The predicted molar refractivity (Wildman–Crippen MR) is 81.4 cm³/mol. The van der Waals surface area contributed by atoms with Crippen LogP contribution >= 0.6 is 23.2 Å². The van der Waals surface area contributed by atoms with Gasteiger partial charge < -0.3 is 10.4 Å². The molecule has 1 saturated carbocycles. The topological polar surface area (TPSA) is 49.3 Å². The van der Waals surface area contributed by atoms with E-state index in [1.165, 1.54) is 25.3 Å². The van der Waals surface area contributed by atoms with Crippen molar-refractivity contribution in [1.29, 1.82) is 0 Å². The van der Waals surface area contributed by atoms with Crippen LogP contribution in [-0.4, -0.2) is 23.7 Å². The van der Waals surface area contributed by atoms with E-state index in [0.717, 1.165) is 12.8 Å². The van der Waals surface area contributed by atoms with Crippen LogP contribution in [0.5, 0.6) is 0 Å². The lowest BCUT2D eigenvalue weighted by Crippen LogP contribution is -2.37. The minimum atomic E-state index is -0.470. The first-order valence-corrected chi connectivity index (χ1v) is 7.75. The van der Waals surface area contributed by atoms with Crippen molar-refractivity contribution in [1.82, 2.24) is 5.32 Å². The molecule has 1 fully saturated rings. The Morgan fingerprint density at radius 3 is 2.60 bits per heavy atom. The highest BCUT2D eigenvalue weighted by Crippen LogP contribution is 2.26. The van der Waals surface area contributed by atoms with Crippen molar-refractivity contribution in [3.63, 3.8) is 0 Å². The number of carbonyl (C=O) groups is 1. The normalized spacial score (nSPS) is 17.8. The lowest BCUT2D eigenvalue weighted by Gasteiger charge is -2.26. The van der Waals surface area contributed by atoms with Gasteiger partial charge in [-0.3, -0.25) is 4.79 Å². The number of aliphatic hydroxyl groups is 1. The van der Waals surface area contributed by atoms with E-state index >= 15 is 0 Å². The van der Waals surface area contributed by atoms with Gasteiger partial charge in [0, 0.05) is 12.1 Å². The maximum absolute atomic E-state index is 12.0. The van der Waals surface area contributed by atoms with Gasteiger partial charge in [-0.05, 0) is 37.0 Å². The zero-order valence-electron chi connectivity index (χ0n) is 11.2. The fourth-order valence-electron chi connectivity index (χ4n) is 2.62. The fraction of sp³-hybridized carbons (Fsp3) is 0.533. The second-order valence-electron chi connectivity index (χ2n) is 5.30. The summed E-state index contributed by atoms with van der Waals surface area (Å²) < 4.78 is 0. The summed E-state index contributed by atoms with van der Waals surface area (Å²) in [7, 11) is 0. The summed E-state index contributed by atoms with van der Waals surface area (Å²) in [5.74, 6) is 0.0660. The Balaban J connectivity index is 1.86. The van der Waals surface area contributed by atoms with E-state index in [0.29, 0.717) is 21.5 Å². The van der Waals surface area contributed by atoms with E-state index < -0.39 is 6.10 Å². The summed E-state index contributed by atoms with van der Waals surface area (Å²) in [4.78, 5) is 12.0. The molecule has 5 heteroatoms. The lowest BCUT2D eigenvalue weighted by atomic mass is 9.85. The molecule has 3 nitrogen and oxygen atoms in total. The van der Waals surface area contributed by atoms with Gasteiger partial charge in [-0.1, -0.05) is 42.5 Å². The Labute approximate surface area is 129 Å². The number of amides is 1. The number of benzene rings is 1. The van der Waals surface area contributed by atoms with Crippen LogP contribution in [-0.2, 0) is 0 Å². The molecule has 0 spiro atoms. The number of halogens is 2. The van der Waals surface area contributed by atoms with Gasteiger partial charge in [-0.2, -0.15) is 0 Å². The first-order valence-electron chi connectivity index (χ1n) is 6.99. The van der Waals surface area contributed by atoms with Crippen molar-refractivity contribution in [2.75, 3.05) is 6.54 Å². The molecule has 1 aliphatic carbocycles. The van der Waals surface area contributed by atoms with Crippen LogP contribution in [0.4, 0.5) is 0 Å². The molecule has 20 heavy (non-hydrogen) atoms. The molecular weight excluding hydrogens is 297 g/mol. The number of nitrogens with one attached hydrogen (secondary N) is 1. The van der Waals surface area contributed by atoms with Crippen LogP contribution < -0.4 is 5.32 Å². The predicted octanol–water partition coefficient (Wildman–Crippen LogP) is 3.66. The van der Waals surface area contributed by atoms with Crippen molar-refractivity contribution in [2.24, 2.45) is 5.92 Å². The van der Waals surface area contributed by atoms with Crippen molar-refractivity contribution in [2.45, 2.75) is 38.2 Å². The number of hydrogen-bond acceptors (Lipinski definition) is 2. The molecule has 0 saturated heterocycles. The van der Waals surface area contributed by atoms with Gasteiger partial charge in [0.1, 0.15) is 0 Å². The van der Waals surface area contributed by atoms with Crippen LogP contribution in [0.2, 0.25) is 10.0 Å². The van der Waals surface area contributed by atoms with E-state index in [1.54, 1.807) is 12.1 Å². The second kappa shape index (κ2) is 7.30. The van der Waals surface area contributed by atoms with Gasteiger partial charge in [-0.25, -0.2) is 0 Å². The van der Waals surface area contributed by atoms with Crippen LogP contribution in [0, 0.1) is 5.92 Å². The summed E-state index contributed by atoms with van der Waals surface area (Å²) in [5, 5.41) is 13.6. The minimum Gasteiger partial charge on any atom is -0.391 e. The summed E-state index contributed by atoms with van der Waals surface area (Å²) in [6, 6.07) is 4.75.